The first kappa shape index (κ1) is 15.6. The smallest absolute Gasteiger partial charge is 0.126 e. The summed E-state index contributed by atoms with van der Waals surface area (Å²) < 4.78 is 13.8. The van der Waals surface area contributed by atoms with Crippen LogP contribution in [0.3, 0.4) is 0 Å². The van der Waals surface area contributed by atoms with Crippen molar-refractivity contribution in [3.8, 4) is 0 Å². The maximum atomic E-state index is 13.8. The van der Waals surface area contributed by atoms with Gasteiger partial charge in [0.25, 0.3) is 0 Å². The van der Waals surface area contributed by atoms with Crippen molar-refractivity contribution in [3.05, 3.63) is 65.7 Å². The van der Waals surface area contributed by atoms with Gasteiger partial charge in [-0.1, -0.05) is 31.2 Å². The maximum Gasteiger partial charge on any atom is 0.126 e. The van der Waals surface area contributed by atoms with Gasteiger partial charge >= 0.3 is 0 Å². The number of pyridine rings is 1. The summed E-state index contributed by atoms with van der Waals surface area (Å²) in [5.74, 6) is -0.109. The van der Waals surface area contributed by atoms with Crippen LogP contribution in [-0.4, -0.2) is 17.6 Å². The third-order valence-electron chi connectivity index (χ3n) is 3.61. The predicted molar refractivity (Wildman–Crippen MR) is 84.7 cm³/mol. The van der Waals surface area contributed by atoms with Crippen LogP contribution in [0.15, 0.2) is 48.8 Å². The van der Waals surface area contributed by atoms with Crippen LogP contribution in [-0.2, 0) is 12.8 Å². The van der Waals surface area contributed by atoms with Crippen LogP contribution < -0.4 is 5.32 Å². The second kappa shape index (κ2) is 8.53. The molecule has 2 nitrogen and oxygen atoms in total. The van der Waals surface area contributed by atoms with E-state index in [9.17, 15) is 4.39 Å². The molecular formula is C18H23FN2. The quantitative estimate of drug-likeness (QED) is 0.799. The van der Waals surface area contributed by atoms with E-state index in [0.717, 1.165) is 37.8 Å². The first-order chi connectivity index (χ1) is 10.3. The van der Waals surface area contributed by atoms with E-state index >= 15 is 0 Å². The number of benzene rings is 1. The van der Waals surface area contributed by atoms with Gasteiger partial charge in [-0.3, -0.25) is 4.98 Å². The van der Waals surface area contributed by atoms with Crippen LogP contribution in [0.2, 0.25) is 0 Å². The van der Waals surface area contributed by atoms with E-state index < -0.39 is 0 Å². The van der Waals surface area contributed by atoms with Gasteiger partial charge in [0.2, 0.25) is 0 Å². The first-order valence-corrected chi connectivity index (χ1v) is 7.65. The molecule has 2 aromatic rings. The van der Waals surface area contributed by atoms with Gasteiger partial charge in [0.1, 0.15) is 5.82 Å². The Morgan fingerprint density at radius 3 is 2.76 bits per heavy atom. The highest BCUT2D eigenvalue weighted by molar-refractivity contribution is 5.18. The van der Waals surface area contributed by atoms with Gasteiger partial charge in [-0.05, 0) is 55.5 Å². The molecular weight excluding hydrogens is 263 g/mol. The molecule has 1 aromatic heterocycles. The second-order valence-corrected chi connectivity index (χ2v) is 5.35. The number of nitrogens with zero attached hydrogens (tertiary/aromatic N) is 1. The molecule has 112 valence electrons. The molecule has 0 saturated heterocycles. The Balaban J connectivity index is 1.96. The zero-order valence-electron chi connectivity index (χ0n) is 12.6. The van der Waals surface area contributed by atoms with Gasteiger partial charge in [-0.25, -0.2) is 4.39 Å². The summed E-state index contributed by atoms with van der Waals surface area (Å²) >= 11 is 0. The first-order valence-electron chi connectivity index (χ1n) is 7.65. The molecule has 1 N–H and O–H groups in total. The fourth-order valence-electron chi connectivity index (χ4n) is 2.44. The molecule has 1 heterocycles. The van der Waals surface area contributed by atoms with Crippen molar-refractivity contribution in [2.75, 3.05) is 6.54 Å². The van der Waals surface area contributed by atoms with E-state index in [0.29, 0.717) is 6.04 Å². The number of aromatic nitrogens is 1. The average Bonchev–Trinajstić information content (AvgIpc) is 2.53. The molecule has 1 atom stereocenters. The molecule has 2 rings (SSSR count). The molecule has 0 bridgehead atoms. The number of nitrogens with one attached hydrogen (secondary N) is 1. The van der Waals surface area contributed by atoms with Crippen molar-refractivity contribution in [1.29, 1.82) is 0 Å². The molecule has 1 aromatic carbocycles. The Morgan fingerprint density at radius 1 is 1.19 bits per heavy atom. The highest BCUT2D eigenvalue weighted by Crippen LogP contribution is 2.13. The minimum absolute atomic E-state index is 0.109. The van der Waals surface area contributed by atoms with Crippen molar-refractivity contribution in [3.63, 3.8) is 0 Å². The van der Waals surface area contributed by atoms with E-state index in [1.165, 1.54) is 11.6 Å². The molecule has 1 unspecified atom stereocenters. The lowest BCUT2D eigenvalue weighted by molar-refractivity contribution is 0.468. The summed E-state index contributed by atoms with van der Waals surface area (Å²) in [5.41, 5.74) is 2.02. The number of hydrogen-bond acceptors (Lipinski definition) is 2. The summed E-state index contributed by atoms with van der Waals surface area (Å²) in [5, 5.41) is 3.53. The minimum atomic E-state index is -0.109. The van der Waals surface area contributed by atoms with Gasteiger partial charge < -0.3 is 5.32 Å². The molecule has 0 radical (unpaired) electrons. The fourth-order valence-corrected chi connectivity index (χ4v) is 2.44. The Bertz CT molecular complexity index is 528. The topological polar surface area (TPSA) is 24.9 Å². The maximum absolute atomic E-state index is 13.8. The molecule has 0 aliphatic rings. The van der Waals surface area contributed by atoms with Crippen molar-refractivity contribution in [1.82, 2.24) is 10.3 Å². The van der Waals surface area contributed by atoms with Crippen LogP contribution in [0.25, 0.3) is 0 Å². The van der Waals surface area contributed by atoms with Crippen LogP contribution in [0.1, 0.15) is 30.9 Å². The van der Waals surface area contributed by atoms with Gasteiger partial charge in [0.05, 0.1) is 0 Å². The van der Waals surface area contributed by atoms with E-state index in [4.69, 9.17) is 0 Å². The summed E-state index contributed by atoms with van der Waals surface area (Å²) in [6.07, 6.45) is 7.45. The summed E-state index contributed by atoms with van der Waals surface area (Å²) in [4.78, 5) is 4.14. The van der Waals surface area contributed by atoms with Crippen LogP contribution in [0.5, 0.6) is 0 Å². The molecule has 3 heteroatoms. The highest BCUT2D eigenvalue weighted by atomic mass is 19.1. The molecule has 0 aliphatic carbocycles. The third kappa shape index (κ3) is 5.27. The standard InChI is InChI=1S/C18H23FN2/c1-2-11-21-17(10-9-15-6-5-12-20-14-15)13-16-7-3-4-8-18(16)19/h3-8,12,14,17,21H,2,9-11,13H2,1H3. The normalized spacial score (nSPS) is 12.3. The van der Waals surface area contributed by atoms with Gasteiger partial charge in [-0.15, -0.1) is 0 Å². The third-order valence-corrected chi connectivity index (χ3v) is 3.61. The van der Waals surface area contributed by atoms with Gasteiger partial charge in [0, 0.05) is 18.4 Å². The lowest BCUT2D eigenvalue weighted by Crippen LogP contribution is -2.32. The lowest BCUT2D eigenvalue weighted by atomic mass is 9.99. The van der Waals surface area contributed by atoms with E-state index in [1.807, 2.05) is 24.4 Å². The SMILES string of the molecule is CCCNC(CCc1cccnc1)Cc1ccccc1F. The van der Waals surface area contributed by atoms with Crippen LogP contribution in [0, 0.1) is 5.82 Å². The molecule has 21 heavy (non-hydrogen) atoms. The number of aryl methyl sites for hydroxylation is 1. The second-order valence-electron chi connectivity index (χ2n) is 5.35. The van der Waals surface area contributed by atoms with Crippen molar-refractivity contribution in [2.45, 2.75) is 38.6 Å². The zero-order chi connectivity index (χ0) is 14.9. The van der Waals surface area contributed by atoms with Crippen LogP contribution >= 0.6 is 0 Å². The Labute approximate surface area is 126 Å². The molecule has 0 amide bonds. The molecule has 0 spiro atoms. The Kier molecular flexibility index (Phi) is 6.35. The Hall–Kier alpha value is -1.74. The highest BCUT2D eigenvalue weighted by Gasteiger charge is 2.11. The van der Waals surface area contributed by atoms with E-state index in [1.54, 1.807) is 12.3 Å². The van der Waals surface area contributed by atoms with Gasteiger partial charge in [0.15, 0.2) is 0 Å². The zero-order valence-corrected chi connectivity index (χ0v) is 12.6. The number of rotatable bonds is 8. The average molecular weight is 286 g/mol. The number of hydrogen-bond donors (Lipinski definition) is 1. The minimum Gasteiger partial charge on any atom is -0.314 e. The van der Waals surface area contributed by atoms with E-state index in [2.05, 4.69) is 23.3 Å². The molecule has 0 aliphatic heterocycles. The molecule has 0 saturated carbocycles. The van der Waals surface area contributed by atoms with Crippen molar-refractivity contribution >= 4 is 0 Å². The van der Waals surface area contributed by atoms with Crippen molar-refractivity contribution < 1.29 is 4.39 Å². The summed E-state index contributed by atoms with van der Waals surface area (Å²) in [7, 11) is 0. The summed E-state index contributed by atoms with van der Waals surface area (Å²) in [6, 6.07) is 11.4. The molecule has 0 fully saturated rings. The van der Waals surface area contributed by atoms with E-state index in [-0.39, 0.29) is 5.82 Å². The number of halogens is 1. The summed E-state index contributed by atoms with van der Waals surface area (Å²) in [6.45, 7) is 3.11. The Morgan fingerprint density at radius 2 is 2.05 bits per heavy atom. The largest absolute Gasteiger partial charge is 0.314 e. The lowest BCUT2D eigenvalue weighted by Gasteiger charge is -2.19. The van der Waals surface area contributed by atoms with Crippen LogP contribution in [0.4, 0.5) is 4.39 Å². The van der Waals surface area contributed by atoms with Gasteiger partial charge in [-0.2, -0.15) is 0 Å². The monoisotopic (exact) mass is 286 g/mol. The predicted octanol–water partition coefficient (Wildman–Crippen LogP) is 3.76. The fraction of sp³-hybridized carbons (Fsp3) is 0.389. The van der Waals surface area contributed by atoms with Crippen molar-refractivity contribution in [2.24, 2.45) is 0 Å².